The number of hydrogen-bond donors (Lipinski definition) is 2. The molecule has 1 aromatic rings. The summed E-state index contributed by atoms with van der Waals surface area (Å²) in [6.45, 7) is 6.16. The standard InChI is InChI=1S/C22H32N2O/c1-21(2,3)24-20(25)19(18-7-5-4-6-8-18)23-22-12-15-9-16(13-22)11-17(10-15)14-22/h4-8,15-17,19,23H,9-14H2,1-3H3,(H,24,25). The molecule has 4 fully saturated rings. The van der Waals surface area contributed by atoms with Crippen molar-refractivity contribution in [1.29, 1.82) is 0 Å². The predicted molar refractivity (Wildman–Crippen MR) is 101 cm³/mol. The Morgan fingerprint density at radius 1 is 1.00 bits per heavy atom. The summed E-state index contributed by atoms with van der Waals surface area (Å²) in [6, 6.07) is 10.0. The molecular weight excluding hydrogens is 308 g/mol. The van der Waals surface area contributed by atoms with Gasteiger partial charge in [0.2, 0.25) is 5.91 Å². The molecule has 0 saturated heterocycles. The monoisotopic (exact) mass is 340 g/mol. The van der Waals surface area contributed by atoms with Crippen LogP contribution in [0.4, 0.5) is 0 Å². The van der Waals surface area contributed by atoms with Crippen molar-refractivity contribution in [3.63, 3.8) is 0 Å². The second kappa shape index (κ2) is 6.12. The highest BCUT2D eigenvalue weighted by Gasteiger charge is 2.52. The Kier molecular flexibility index (Phi) is 4.18. The maximum Gasteiger partial charge on any atom is 0.242 e. The van der Waals surface area contributed by atoms with Crippen molar-refractivity contribution in [3.8, 4) is 0 Å². The van der Waals surface area contributed by atoms with E-state index in [4.69, 9.17) is 0 Å². The Hall–Kier alpha value is -1.35. The molecule has 1 atom stereocenters. The smallest absolute Gasteiger partial charge is 0.242 e. The third-order valence-corrected chi connectivity index (χ3v) is 6.38. The molecule has 4 aliphatic carbocycles. The fourth-order valence-electron chi connectivity index (χ4n) is 5.98. The first-order valence-electron chi connectivity index (χ1n) is 9.97. The number of carbonyl (C=O) groups excluding carboxylic acids is 1. The van der Waals surface area contributed by atoms with Gasteiger partial charge in [0.05, 0.1) is 0 Å². The minimum atomic E-state index is -0.253. The van der Waals surface area contributed by atoms with E-state index in [0.29, 0.717) is 0 Å². The van der Waals surface area contributed by atoms with Gasteiger partial charge >= 0.3 is 0 Å². The zero-order valence-electron chi connectivity index (χ0n) is 15.8. The van der Waals surface area contributed by atoms with Gasteiger partial charge in [0.1, 0.15) is 6.04 Å². The molecule has 3 heteroatoms. The van der Waals surface area contributed by atoms with Crippen LogP contribution in [-0.4, -0.2) is 17.0 Å². The lowest BCUT2D eigenvalue weighted by Crippen LogP contribution is -2.61. The lowest BCUT2D eigenvalue weighted by atomic mass is 9.53. The number of benzene rings is 1. The van der Waals surface area contributed by atoms with E-state index in [-0.39, 0.29) is 23.0 Å². The Bertz CT molecular complexity index is 596. The van der Waals surface area contributed by atoms with Crippen molar-refractivity contribution in [2.24, 2.45) is 17.8 Å². The fraction of sp³-hybridized carbons (Fsp3) is 0.682. The van der Waals surface area contributed by atoms with Crippen LogP contribution in [0, 0.1) is 17.8 Å². The largest absolute Gasteiger partial charge is 0.350 e. The van der Waals surface area contributed by atoms with Crippen molar-refractivity contribution in [1.82, 2.24) is 10.6 Å². The second-order valence-corrected chi connectivity index (χ2v) is 9.93. The predicted octanol–water partition coefficient (Wildman–Crippen LogP) is 4.20. The van der Waals surface area contributed by atoms with Crippen LogP contribution in [-0.2, 0) is 4.79 Å². The van der Waals surface area contributed by atoms with Gasteiger partial charge in [0.15, 0.2) is 0 Å². The molecular formula is C22H32N2O. The molecule has 4 bridgehead atoms. The van der Waals surface area contributed by atoms with Crippen LogP contribution in [0.5, 0.6) is 0 Å². The van der Waals surface area contributed by atoms with E-state index < -0.39 is 0 Å². The summed E-state index contributed by atoms with van der Waals surface area (Å²) in [4.78, 5) is 13.1. The van der Waals surface area contributed by atoms with Crippen molar-refractivity contribution in [2.75, 3.05) is 0 Å². The van der Waals surface area contributed by atoms with E-state index in [9.17, 15) is 4.79 Å². The van der Waals surface area contributed by atoms with Crippen LogP contribution in [0.25, 0.3) is 0 Å². The maximum absolute atomic E-state index is 13.1. The summed E-state index contributed by atoms with van der Waals surface area (Å²) >= 11 is 0. The lowest BCUT2D eigenvalue weighted by molar-refractivity contribution is -0.126. The topological polar surface area (TPSA) is 41.1 Å². The van der Waals surface area contributed by atoms with Crippen LogP contribution in [0.3, 0.4) is 0 Å². The summed E-state index contributed by atoms with van der Waals surface area (Å²) in [5.41, 5.74) is 1.04. The molecule has 0 heterocycles. The molecule has 5 rings (SSSR count). The van der Waals surface area contributed by atoms with Gasteiger partial charge in [0.25, 0.3) is 0 Å². The van der Waals surface area contributed by atoms with Crippen LogP contribution < -0.4 is 10.6 Å². The molecule has 1 unspecified atom stereocenters. The number of hydrogen-bond acceptors (Lipinski definition) is 2. The van der Waals surface area contributed by atoms with E-state index >= 15 is 0 Å². The number of nitrogens with one attached hydrogen (secondary N) is 2. The van der Waals surface area contributed by atoms with E-state index in [0.717, 1.165) is 23.3 Å². The Morgan fingerprint density at radius 3 is 2.00 bits per heavy atom. The molecule has 4 saturated carbocycles. The Balaban J connectivity index is 1.59. The van der Waals surface area contributed by atoms with E-state index in [1.807, 2.05) is 18.2 Å². The zero-order chi connectivity index (χ0) is 17.7. The molecule has 25 heavy (non-hydrogen) atoms. The number of amides is 1. The molecule has 2 N–H and O–H groups in total. The molecule has 0 aliphatic heterocycles. The fourth-order valence-corrected chi connectivity index (χ4v) is 5.98. The summed E-state index contributed by atoms with van der Waals surface area (Å²) in [6.07, 6.45) is 8.03. The molecule has 0 radical (unpaired) electrons. The maximum atomic E-state index is 13.1. The summed E-state index contributed by atoms with van der Waals surface area (Å²) in [5, 5.41) is 7.09. The first kappa shape index (κ1) is 17.1. The summed E-state index contributed by atoms with van der Waals surface area (Å²) < 4.78 is 0. The average Bonchev–Trinajstić information content (AvgIpc) is 2.50. The Morgan fingerprint density at radius 2 is 1.52 bits per heavy atom. The number of rotatable bonds is 4. The normalized spacial score (nSPS) is 34.8. The third kappa shape index (κ3) is 3.62. The highest BCUT2D eigenvalue weighted by Crippen LogP contribution is 2.56. The second-order valence-electron chi connectivity index (χ2n) is 9.93. The first-order chi connectivity index (χ1) is 11.8. The minimum absolute atomic E-state index is 0.106. The van der Waals surface area contributed by atoms with E-state index in [2.05, 4.69) is 43.5 Å². The average molecular weight is 341 g/mol. The highest BCUT2D eigenvalue weighted by atomic mass is 16.2. The van der Waals surface area contributed by atoms with Crippen molar-refractivity contribution in [2.45, 2.75) is 76.4 Å². The van der Waals surface area contributed by atoms with Gasteiger partial charge in [-0.3, -0.25) is 10.1 Å². The number of carbonyl (C=O) groups is 1. The van der Waals surface area contributed by atoms with Crippen molar-refractivity contribution < 1.29 is 4.79 Å². The zero-order valence-corrected chi connectivity index (χ0v) is 15.8. The van der Waals surface area contributed by atoms with Crippen LogP contribution in [0.2, 0.25) is 0 Å². The van der Waals surface area contributed by atoms with Gasteiger partial charge in [-0.05, 0) is 82.6 Å². The lowest BCUT2D eigenvalue weighted by Gasteiger charge is -2.58. The summed E-state index contributed by atoms with van der Waals surface area (Å²) in [7, 11) is 0. The molecule has 0 spiro atoms. The van der Waals surface area contributed by atoms with Crippen LogP contribution >= 0.6 is 0 Å². The molecule has 4 aliphatic rings. The van der Waals surface area contributed by atoms with Crippen LogP contribution in [0.1, 0.15) is 70.9 Å². The van der Waals surface area contributed by atoms with Gasteiger partial charge in [-0.2, -0.15) is 0 Å². The van der Waals surface area contributed by atoms with Gasteiger partial charge in [-0.25, -0.2) is 0 Å². The van der Waals surface area contributed by atoms with E-state index in [1.54, 1.807) is 0 Å². The van der Waals surface area contributed by atoms with Crippen molar-refractivity contribution >= 4 is 5.91 Å². The molecule has 1 aromatic carbocycles. The van der Waals surface area contributed by atoms with Gasteiger partial charge in [-0.15, -0.1) is 0 Å². The Labute approximate surface area is 152 Å². The first-order valence-corrected chi connectivity index (χ1v) is 9.97. The SMILES string of the molecule is CC(C)(C)NC(=O)C(NC12CC3CC(CC(C3)C1)C2)c1ccccc1. The van der Waals surface area contributed by atoms with E-state index in [1.165, 1.54) is 38.5 Å². The quantitative estimate of drug-likeness (QED) is 0.862. The summed E-state index contributed by atoms with van der Waals surface area (Å²) in [5.74, 6) is 2.73. The third-order valence-electron chi connectivity index (χ3n) is 6.38. The minimum Gasteiger partial charge on any atom is -0.350 e. The van der Waals surface area contributed by atoms with Crippen LogP contribution in [0.15, 0.2) is 30.3 Å². The highest BCUT2D eigenvalue weighted by molar-refractivity contribution is 5.84. The molecule has 136 valence electrons. The molecule has 1 amide bonds. The van der Waals surface area contributed by atoms with Gasteiger partial charge < -0.3 is 5.32 Å². The molecule has 3 nitrogen and oxygen atoms in total. The van der Waals surface area contributed by atoms with Gasteiger partial charge in [-0.1, -0.05) is 30.3 Å². The molecule has 0 aromatic heterocycles. The van der Waals surface area contributed by atoms with Crippen molar-refractivity contribution in [3.05, 3.63) is 35.9 Å². The van der Waals surface area contributed by atoms with Gasteiger partial charge in [0, 0.05) is 11.1 Å².